The Bertz CT molecular complexity index is 947. The average molecular weight is 413 g/mol. The summed E-state index contributed by atoms with van der Waals surface area (Å²) in [7, 11) is 0. The van der Waals surface area contributed by atoms with E-state index in [1.54, 1.807) is 11.3 Å². The molecular formula is C21H24N4O3S. The lowest BCUT2D eigenvalue weighted by molar-refractivity contribution is -0.127. The summed E-state index contributed by atoms with van der Waals surface area (Å²) in [6, 6.07) is 9.47. The number of fused-ring (bicyclic) bond motifs is 1. The Hall–Kier alpha value is -3.13. The normalized spacial score (nSPS) is 13.0. The van der Waals surface area contributed by atoms with Gasteiger partial charge in [0.05, 0.1) is 10.6 Å². The molecule has 1 aromatic heterocycles. The van der Waals surface area contributed by atoms with Gasteiger partial charge in [-0.1, -0.05) is 31.2 Å². The second-order valence-electron chi connectivity index (χ2n) is 6.77. The van der Waals surface area contributed by atoms with Crippen LogP contribution in [-0.2, 0) is 22.7 Å². The Kier molecular flexibility index (Phi) is 6.66. The van der Waals surface area contributed by atoms with Crippen LogP contribution in [0.15, 0.2) is 46.3 Å². The molecule has 4 N–H and O–H groups in total. The summed E-state index contributed by atoms with van der Waals surface area (Å²) in [5, 5.41) is 1.94. The number of benzene rings is 1. The predicted molar refractivity (Wildman–Crippen MR) is 115 cm³/mol. The third kappa shape index (κ3) is 5.45. The highest BCUT2D eigenvalue weighted by Gasteiger charge is 2.21. The maximum absolute atomic E-state index is 13.2. The first-order valence-electron chi connectivity index (χ1n) is 9.36. The van der Waals surface area contributed by atoms with E-state index < -0.39 is 6.09 Å². The summed E-state index contributed by atoms with van der Waals surface area (Å²) in [4.78, 5) is 31.1. The van der Waals surface area contributed by atoms with Gasteiger partial charge >= 0.3 is 6.09 Å². The predicted octanol–water partition coefficient (Wildman–Crippen LogP) is 3.56. The molecule has 3 rings (SSSR count). The van der Waals surface area contributed by atoms with Gasteiger partial charge in [-0.15, -0.1) is 11.3 Å². The molecule has 152 valence electrons. The molecule has 0 atom stereocenters. The van der Waals surface area contributed by atoms with Crippen LogP contribution in [0.25, 0.3) is 6.08 Å². The number of nitrogens with two attached hydrogens (primary N) is 2. The molecule has 1 aromatic carbocycles. The molecule has 29 heavy (non-hydrogen) atoms. The van der Waals surface area contributed by atoms with Gasteiger partial charge in [0.2, 0.25) is 0 Å². The van der Waals surface area contributed by atoms with E-state index in [9.17, 15) is 9.59 Å². The Balaban J connectivity index is 1.75. The van der Waals surface area contributed by atoms with Crippen molar-refractivity contribution in [3.8, 4) is 0 Å². The van der Waals surface area contributed by atoms with E-state index in [0.29, 0.717) is 30.9 Å². The molecule has 0 saturated carbocycles. The standard InChI is InChI=1S/C21H24N4O3S/c1-2-8-25(12-14-3-5-15(6-4-14)13-28-21(23)27)20(26)16-10-18-17(7-9-29-18)24-19(22)11-16/h3-7,9-10H,2,8,11-13H2,1H3,(H2,22,24)(H2,23,27). The molecule has 0 spiro atoms. The van der Waals surface area contributed by atoms with Crippen LogP contribution in [0.4, 0.5) is 10.5 Å². The monoisotopic (exact) mass is 412 g/mol. The zero-order valence-electron chi connectivity index (χ0n) is 16.3. The van der Waals surface area contributed by atoms with Gasteiger partial charge in [-0.2, -0.15) is 0 Å². The number of ether oxygens (including phenoxy) is 1. The number of thiophene rings is 1. The van der Waals surface area contributed by atoms with Crippen molar-refractivity contribution in [3.05, 3.63) is 57.3 Å². The van der Waals surface area contributed by atoms with E-state index in [-0.39, 0.29) is 12.5 Å². The van der Waals surface area contributed by atoms with Gasteiger partial charge in [0.25, 0.3) is 5.91 Å². The topological polar surface area (TPSA) is 111 Å². The highest BCUT2D eigenvalue weighted by molar-refractivity contribution is 7.11. The third-order valence-corrected chi connectivity index (χ3v) is 5.30. The summed E-state index contributed by atoms with van der Waals surface area (Å²) in [6.07, 6.45) is 2.28. The first kappa shape index (κ1) is 20.6. The SMILES string of the molecule is CCCN(Cc1ccc(COC(N)=O)cc1)C(=O)C1=Cc2sccc2N=C(N)C1. The number of hydrogen-bond donors (Lipinski definition) is 2. The van der Waals surface area contributed by atoms with E-state index >= 15 is 0 Å². The molecular weight excluding hydrogens is 388 g/mol. The maximum atomic E-state index is 13.2. The molecule has 0 saturated heterocycles. The summed E-state index contributed by atoms with van der Waals surface area (Å²) >= 11 is 1.54. The highest BCUT2D eigenvalue weighted by atomic mass is 32.1. The smallest absolute Gasteiger partial charge is 0.404 e. The van der Waals surface area contributed by atoms with Crippen LogP contribution in [0.1, 0.15) is 35.8 Å². The largest absolute Gasteiger partial charge is 0.445 e. The number of amidine groups is 1. The van der Waals surface area contributed by atoms with Crippen molar-refractivity contribution in [2.24, 2.45) is 16.5 Å². The number of hydrogen-bond acceptors (Lipinski definition) is 6. The summed E-state index contributed by atoms with van der Waals surface area (Å²) in [5.74, 6) is 0.407. The summed E-state index contributed by atoms with van der Waals surface area (Å²) in [5.41, 5.74) is 14.3. The van der Waals surface area contributed by atoms with Crippen molar-refractivity contribution in [1.82, 2.24) is 4.90 Å². The van der Waals surface area contributed by atoms with E-state index in [1.165, 1.54) is 0 Å². The number of carbonyl (C=O) groups excluding carboxylic acids is 2. The first-order chi connectivity index (χ1) is 14.0. The second kappa shape index (κ2) is 9.38. The number of rotatable bonds is 7. The molecule has 1 aliphatic rings. The highest BCUT2D eigenvalue weighted by Crippen LogP contribution is 2.31. The van der Waals surface area contributed by atoms with Gasteiger partial charge in [-0.3, -0.25) is 4.79 Å². The average Bonchev–Trinajstić information content (AvgIpc) is 3.05. The fourth-order valence-electron chi connectivity index (χ4n) is 3.09. The minimum absolute atomic E-state index is 0.0348. The fraction of sp³-hybridized carbons (Fsp3) is 0.286. The lowest BCUT2D eigenvalue weighted by atomic mass is 10.1. The van der Waals surface area contributed by atoms with Gasteiger partial charge in [0.15, 0.2) is 0 Å². The Morgan fingerprint density at radius 1 is 1.21 bits per heavy atom. The maximum Gasteiger partial charge on any atom is 0.404 e. The zero-order chi connectivity index (χ0) is 20.8. The van der Waals surface area contributed by atoms with Crippen molar-refractivity contribution >= 4 is 40.9 Å². The minimum Gasteiger partial charge on any atom is -0.445 e. The van der Waals surface area contributed by atoms with Crippen molar-refractivity contribution in [2.75, 3.05) is 6.54 Å². The number of aliphatic imine (C=N–C) groups is 1. The van der Waals surface area contributed by atoms with Gasteiger partial charge in [0.1, 0.15) is 12.4 Å². The van der Waals surface area contributed by atoms with Crippen LogP contribution in [-0.4, -0.2) is 29.3 Å². The molecule has 0 radical (unpaired) electrons. The summed E-state index contributed by atoms with van der Waals surface area (Å²) < 4.78 is 4.79. The molecule has 0 bridgehead atoms. The summed E-state index contributed by atoms with van der Waals surface area (Å²) in [6.45, 7) is 3.29. The molecule has 0 aliphatic carbocycles. The molecule has 8 heteroatoms. The molecule has 0 fully saturated rings. The van der Waals surface area contributed by atoms with E-state index in [0.717, 1.165) is 28.1 Å². The second-order valence-corrected chi connectivity index (χ2v) is 7.72. The number of amides is 2. The van der Waals surface area contributed by atoms with E-state index in [4.69, 9.17) is 16.2 Å². The van der Waals surface area contributed by atoms with Gasteiger partial charge in [-0.25, -0.2) is 9.79 Å². The quantitative estimate of drug-likeness (QED) is 0.724. The van der Waals surface area contributed by atoms with Crippen LogP contribution in [0.3, 0.4) is 0 Å². The van der Waals surface area contributed by atoms with Gasteiger partial charge < -0.3 is 21.1 Å². The van der Waals surface area contributed by atoms with Crippen LogP contribution >= 0.6 is 11.3 Å². The van der Waals surface area contributed by atoms with Crippen LogP contribution < -0.4 is 11.5 Å². The number of nitrogens with zero attached hydrogens (tertiary/aromatic N) is 2. The molecule has 2 heterocycles. The van der Waals surface area contributed by atoms with Crippen molar-refractivity contribution in [1.29, 1.82) is 0 Å². The van der Waals surface area contributed by atoms with Crippen LogP contribution in [0, 0.1) is 0 Å². The lowest BCUT2D eigenvalue weighted by Crippen LogP contribution is -2.33. The molecule has 2 amide bonds. The van der Waals surface area contributed by atoms with Crippen LogP contribution in [0.5, 0.6) is 0 Å². The van der Waals surface area contributed by atoms with E-state index in [1.807, 2.05) is 53.6 Å². The van der Waals surface area contributed by atoms with Gasteiger partial charge in [-0.05, 0) is 35.1 Å². The van der Waals surface area contributed by atoms with Gasteiger partial charge in [0, 0.05) is 25.1 Å². The number of carbonyl (C=O) groups is 2. The minimum atomic E-state index is -0.804. The van der Waals surface area contributed by atoms with Crippen molar-refractivity contribution < 1.29 is 14.3 Å². The van der Waals surface area contributed by atoms with Crippen molar-refractivity contribution in [3.63, 3.8) is 0 Å². The van der Waals surface area contributed by atoms with E-state index in [2.05, 4.69) is 4.99 Å². The fourth-order valence-corrected chi connectivity index (χ4v) is 3.88. The van der Waals surface area contributed by atoms with Crippen molar-refractivity contribution in [2.45, 2.75) is 32.9 Å². The Morgan fingerprint density at radius 3 is 2.62 bits per heavy atom. The molecule has 7 nitrogen and oxygen atoms in total. The third-order valence-electron chi connectivity index (χ3n) is 4.45. The number of primary amides is 1. The molecule has 1 aliphatic heterocycles. The Labute approximate surface area is 173 Å². The first-order valence-corrected chi connectivity index (χ1v) is 10.2. The molecule has 2 aromatic rings. The zero-order valence-corrected chi connectivity index (χ0v) is 17.1. The van der Waals surface area contributed by atoms with Crippen LogP contribution in [0.2, 0.25) is 0 Å². The lowest BCUT2D eigenvalue weighted by Gasteiger charge is -2.23. The Morgan fingerprint density at radius 2 is 1.93 bits per heavy atom. The molecule has 0 unspecified atom stereocenters.